The zero-order valence-electron chi connectivity index (χ0n) is 8.54. The Balaban J connectivity index is 2.14. The van der Waals surface area contributed by atoms with Gasteiger partial charge < -0.3 is 20.7 Å². The Morgan fingerprint density at radius 2 is 2.25 bits per heavy atom. The minimum atomic E-state index is -0.423. The minimum Gasteiger partial charge on any atom is -0.390 e. The number of hydrogen-bond acceptors (Lipinski definition) is 6. The van der Waals surface area contributed by atoms with E-state index < -0.39 is 6.10 Å². The molecule has 7 nitrogen and oxygen atoms in total. The number of rotatable bonds is 1. The Labute approximate surface area is 91.3 Å². The molecule has 7 heteroatoms. The van der Waals surface area contributed by atoms with E-state index in [1.807, 2.05) is 4.57 Å². The Bertz CT molecular complexity index is 524. The van der Waals surface area contributed by atoms with Crippen LogP contribution in [0.2, 0.25) is 0 Å². The lowest BCUT2D eigenvalue weighted by molar-refractivity contribution is 0.152. The summed E-state index contributed by atoms with van der Waals surface area (Å²) in [7, 11) is 0. The minimum absolute atomic E-state index is 0.0423. The van der Waals surface area contributed by atoms with Crippen molar-refractivity contribution in [3.05, 3.63) is 12.7 Å². The second-order valence-corrected chi connectivity index (χ2v) is 3.88. The Morgan fingerprint density at radius 3 is 3.00 bits per heavy atom. The molecule has 2 aromatic heterocycles. The normalized spacial score (nSPS) is 25.3. The van der Waals surface area contributed by atoms with Crippen molar-refractivity contribution in [1.82, 2.24) is 24.8 Å². The summed E-state index contributed by atoms with van der Waals surface area (Å²) < 4.78 is 1.85. The van der Waals surface area contributed by atoms with Crippen molar-refractivity contribution in [2.24, 2.45) is 0 Å². The van der Waals surface area contributed by atoms with E-state index in [-0.39, 0.29) is 6.04 Å². The lowest BCUT2D eigenvalue weighted by Crippen LogP contribution is -2.21. The summed E-state index contributed by atoms with van der Waals surface area (Å²) in [5, 5.41) is 12.9. The average molecular weight is 220 g/mol. The SMILES string of the molecule is Nc1ncnc2c1ncn2[C@H]1CNC[C@H]1O. The molecule has 0 radical (unpaired) electrons. The molecule has 1 saturated heterocycles. The Hall–Kier alpha value is -1.73. The summed E-state index contributed by atoms with van der Waals surface area (Å²) in [6.07, 6.45) is 2.63. The number of imidazole rings is 1. The molecule has 0 saturated carbocycles. The summed E-state index contributed by atoms with van der Waals surface area (Å²) in [5.74, 6) is 0.365. The maximum absolute atomic E-state index is 9.80. The number of aromatic nitrogens is 4. The number of aliphatic hydroxyl groups excluding tert-OH is 1. The second kappa shape index (κ2) is 3.39. The fraction of sp³-hybridized carbons (Fsp3) is 0.444. The van der Waals surface area contributed by atoms with Crippen molar-refractivity contribution in [2.45, 2.75) is 12.1 Å². The monoisotopic (exact) mass is 220 g/mol. The van der Waals surface area contributed by atoms with E-state index in [1.165, 1.54) is 6.33 Å². The van der Waals surface area contributed by atoms with Gasteiger partial charge >= 0.3 is 0 Å². The van der Waals surface area contributed by atoms with Crippen molar-refractivity contribution in [2.75, 3.05) is 18.8 Å². The van der Waals surface area contributed by atoms with Crippen molar-refractivity contribution in [1.29, 1.82) is 0 Å². The van der Waals surface area contributed by atoms with Gasteiger partial charge in [0.1, 0.15) is 11.8 Å². The second-order valence-electron chi connectivity index (χ2n) is 3.88. The van der Waals surface area contributed by atoms with E-state index in [2.05, 4.69) is 20.3 Å². The third-order valence-electron chi connectivity index (χ3n) is 2.90. The van der Waals surface area contributed by atoms with Gasteiger partial charge in [0, 0.05) is 13.1 Å². The zero-order valence-corrected chi connectivity index (χ0v) is 8.54. The molecule has 0 bridgehead atoms. The van der Waals surface area contributed by atoms with Gasteiger partial charge in [0.2, 0.25) is 0 Å². The highest BCUT2D eigenvalue weighted by atomic mass is 16.3. The van der Waals surface area contributed by atoms with Crippen LogP contribution in [0.25, 0.3) is 11.2 Å². The van der Waals surface area contributed by atoms with Crippen LogP contribution in [0.5, 0.6) is 0 Å². The van der Waals surface area contributed by atoms with Crippen LogP contribution in [-0.2, 0) is 0 Å². The quantitative estimate of drug-likeness (QED) is 0.564. The summed E-state index contributed by atoms with van der Waals surface area (Å²) in [5.41, 5.74) is 6.95. The molecule has 0 unspecified atom stereocenters. The molecule has 1 aliphatic heterocycles. The fourth-order valence-corrected chi connectivity index (χ4v) is 2.05. The van der Waals surface area contributed by atoms with Gasteiger partial charge in [0.15, 0.2) is 11.5 Å². The first-order valence-electron chi connectivity index (χ1n) is 5.09. The number of hydrogen-bond donors (Lipinski definition) is 3. The smallest absolute Gasteiger partial charge is 0.165 e. The molecule has 2 aromatic rings. The van der Waals surface area contributed by atoms with Gasteiger partial charge in [-0.25, -0.2) is 15.0 Å². The summed E-state index contributed by atoms with van der Waals surface area (Å²) in [4.78, 5) is 12.2. The highest BCUT2D eigenvalue weighted by Crippen LogP contribution is 2.22. The average Bonchev–Trinajstić information content (AvgIpc) is 2.84. The molecule has 4 N–H and O–H groups in total. The van der Waals surface area contributed by atoms with Crippen LogP contribution in [0.15, 0.2) is 12.7 Å². The molecular weight excluding hydrogens is 208 g/mol. The number of nitrogens with two attached hydrogens (primary N) is 1. The van der Waals surface area contributed by atoms with Crippen molar-refractivity contribution < 1.29 is 5.11 Å². The van der Waals surface area contributed by atoms with Gasteiger partial charge in [-0.15, -0.1) is 0 Å². The van der Waals surface area contributed by atoms with Crippen molar-refractivity contribution in [3.63, 3.8) is 0 Å². The van der Waals surface area contributed by atoms with Crippen LogP contribution in [0.3, 0.4) is 0 Å². The molecule has 0 aliphatic carbocycles. The number of nitrogens with zero attached hydrogens (tertiary/aromatic N) is 4. The van der Waals surface area contributed by atoms with E-state index in [1.54, 1.807) is 6.33 Å². The standard InChI is InChI=1S/C9H12N6O/c10-8-7-9(13-3-12-8)15(4-14-7)5-1-11-2-6(5)16/h3-6,11,16H,1-2H2,(H2,10,12,13)/t5-,6+/m0/s1. The van der Waals surface area contributed by atoms with Crippen LogP contribution in [0.1, 0.15) is 6.04 Å². The summed E-state index contributed by atoms with van der Waals surface area (Å²) in [6, 6.07) is -0.0423. The van der Waals surface area contributed by atoms with Crippen LogP contribution in [0, 0.1) is 0 Å². The van der Waals surface area contributed by atoms with E-state index >= 15 is 0 Å². The van der Waals surface area contributed by atoms with Crippen LogP contribution >= 0.6 is 0 Å². The van der Waals surface area contributed by atoms with Crippen LogP contribution in [-0.4, -0.2) is 43.8 Å². The first-order chi connectivity index (χ1) is 7.77. The van der Waals surface area contributed by atoms with E-state index in [9.17, 15) is 5.11 Å². The topological polar surface area (TPSA) is 102 Å². The molecule has 84 valence electrons. The fourth-order valence-electron chi connectivity index (χ4n) is 2.05. The molecule has 3 heterocycles. The third kappa shape index (κ3) is 1.25. The maximum Gasteiger partial charge on any atom is 0.165 e. The predicted molar refractivity (Wildman–Crippen MR) is 57.6 cm³/mol. The van der Waals surface area contributed by atoms with Gasteiger partial charge in [-0.1, -0.05) is 0 Å². The molecule has 2 atom stereocenters. The molecule has 0 aromatic carbocycles. The number of anilines is 1. The van der Waals surface area contributed by atoms with Gasteiger partial charge in [-0.2, -0.15) is 0 Å². The predicted octanol–water partition coefficient (Wildman–Crippen LogP) is -1.09. The molecule has 0 amide bonds. The number of nitrogen functional groups attached to an aromatic ring is 1. The molecule has 1 fully saturated rings. The van der Waals surface area contributed by atoms with Gasteiger partial charge in [0.25, 0.3) is 0 Å². The Kier molecular flexibility index (Phi) is 2.01. The first kappa shape index (κ1) is 9.49. The maximum atomic E-state index is 9.80. The summed E-state index contributed by atoms with van der Waals surface area (Å²) in [6.45, 7) is 1.29. The first-order valence-corrected chi connectivity index (χ1v) is 5.09. The number of β-amino-alcohol motifs (C(OH)–C–C–N with tert-alkyl or cyclic N) is 1. The Morgan fingerprint density at radius 1 is 1.38 bits per heavy atom. The van der Waals surface area contributed by atoms with E-state index in [0.29, 0.717) is 30.1 Å². The highest BCUT2D eigenvalue weighted by molar-refractivity contribution is 5.81. The van der Waals surface area contributed by atoms with E-state index in [0.717, 1.165) is 0 Å². The van der Waals surface area contributed by atoms with Gasteiger partial charge in [0.05, 0.1) is 18.5 Å². The molecule has 16 heavy (non-hydrogen) atoms. The van der Waals surface area contributed by atoms with Crippen LogP contribution in [0.4, 0.5) is 5.82 Å². The molecule has 1 aliphatic rings. The highest BCUT2D eigenvalue weighted by Gasteiger charge is 2.28. The largest absolute Gasteiger partial charge is 0.390 e. The lowest BCUT2D eigenvalue weighted by Gasteiger charge is -2.15. The van der Waals surface area contributed by atoms with Gasteiger partial charge in [-0.05, 0) is 0 Å². The van der Waals surface area contributed by atoms with Crippen molar-refractivity contribution in [3.8, 4) is 0 Å². The number of fused-ring (bicyclic) bond motifs is 1. The summed E-state index contributed by atoms with van der Waals surface area (Å²) >= 11 is 0. The lowest BCUT2D eigenvalue weighted by atomic mass is 10.2. The zero-order chi connectivity index (χ0) is 11.1. The van der Waals surface area contributed by atoms with Gasteiger partial charge in [-0.3, -0.25) is 0 Å². The molecule has 3 rings (SSSR count). The van der Waals surface area contributed by atoms with Crippen LogP contribution < -0.4 is 11.1 Å². The number of aliphatic hydroxyl groups is 1. The number of nitrogens with one attached hydrogen (secondary N) is 1. The third-order valence-corrected chi connectivity index (χ3v) is 2.90. The van der Waals surface area contributed by atoms with Crippen molar-refractivity contribution >= 4 is 17.0 Å². The molecule has 0 spiro atoms. The molecular formula is C9H12N6O. The van der Waals surface area contributed by atoms with E-state index in [4.69, 9.17) is 5.73 Å².